The number of nitrogens with zero attached hydrogens (tertiary/aromatic N) is 3. The van der Waals surface area contributed by atoms with Crippen molar-refractivity contribution in [2.45, 2.75) is 36.7 Å². The zero-order valence-electron chi connectivity index (χ0n) is 13.2. The van der Waals surface area contributed by atoms with E-state index in [1.54, 1.807) is 22.6 Å². The summed E-state index contributed by atoms with van der Waals surface area (Å²) >= 11 is 0. The Morgan fingerprint density at radius 3 is 2.87 bits per heavy atom. The van der Waals surface area contributed by atoms with Gasteiger partial charge in [0.2, 0.25) is 10.0 Å². The lowest BCUT2D eigenvalue weighted by Crippen LogP contribution is -2.56. The van der Waals surface area contributed by atoms with Crippen LogP contribution in [0.3, 0.4) is 0 Å². The largest absolute Gasteiger partial charge is 0.297 e. The quantitative estimate of drug-likeness (QED) is 0.845. The summed E-state index contributed by atoms with van der Waals surface area (Å²) in [7, 11) is -3.53. The maximum Gasteiger partial charge on any atom is 0.245 e. The van der Waals surface area contributed by atoms with Gasteiger partial charge in [-0.1, -0.05) is 18.2 Å². The van der Waals surface area contributed by atoms with Crippen molar-refractivity contribution in [2.75, 3.05) is 19.6 Å². The van der Waals surface area contributed by atoms with Gasteiger partial charge in [0.25, 0.3) is 0 Å². The summed E-state index contributed by atoms with van der Waals surface area (Å²) in [6.45, 7) is 4.51. The molecule has 0 spiro atoms. The molecule has 122 valence electrons. The second-order valence-corrected chi connectivity index (χ2v) is 8.40. The lowest BCUT2D eigenvalue weighted by Gasteiger charge is -2.41. The molecule has 2 aromatic rings. The van der Waals surface area contributed by atoms with Crippen molar-refractivity contribution < 1.29 is 8.42 Å². The molecule has 2 aliphatic rings. The third kappa shape index (κ3) is 2.45. The summed E-state index contributed by atoms with van der Waals surface area (Å²) in [5.74, 6) is 0. The maximum absolute atomic E-state index is 13.3. The van der Waals surface area contributed by atoms with E-state index in [9.17, 15) is 8.42 Å². The molecule has 1 aromatic heterocycles. The van der Waals surface area contributed by atoms with Crippen LogP contribution in [-0.4, -0.2) is 54.3 Å². The molecule has 0 unspecified atom stereocenters. The summed E-state index contributed by atoms with van der Waals surface area (Å²) in [5.41, 5.74) is 0.566. The van der Waals surface area contributed by atoms with E-state index in [1.165, 1.54) is 6.42 Å². The van der Waals surface area contributed by atoms with Crippen LogP contribution in [0.1, 0.15) is 19.8 Å². The van der Waals surface area contributed by atoms with Crippen LogP contribution in [0.2, 0.25) is 0 Å². The molecule has 3 heterocycles. The summed E-state index contributed by atoms with van der Waals surface area (Å²) in [5, 5.41) is 0.862. The van der Waals surface area contributed by atoms with Gasteiger partial charge in [-0.25, -0.2) is 8.42 Å². The van der Waals surface area contributed by atoms with Crippen molar-refractivity contribution >= 4 is 20.9 Å². The molecule has 2 saturated heterocycles. The second kappa shape index (κ2) is 5.54. The Morgan fingerprint density at radius 1 is 1.17 bits per heavy atom. The summed E-state index contributed by atoms with van der Waals surface area (Å²) in [4.78, 5) is 7.07. The number of fused-ring (bicyclic) bond motifs is 2. The van der Waals surface area contributed by atoms with Crippen molar-refractivity contribution in [1.29, 1.82) is 0 Å². The fourth-order valence-corrected chi connectivity index (χ4v) is 5.73. The highest BCUT2D eigenvalue weighted by Gasteiger charge is 2.40. The minimum absolute atomic E-state index is 0.00619. The van der Waals surface area contributed by atoms with Gasteiger partial charge in [-0.2, -0.15) is 4.31 Å². The Bertz CT molecular complexity index is 831. The molecule has 1 aromatic carbocycles. The highest BCUT2D eigenvalue weighted by molar-refractivity contribution is 7.89. The van der Waals surface area contributed by atoms with Crippen LogP contribution in [0, 0.1) is 0 Å². The van der Waals surface area contributed by atoms with Crippen molar-refractivity contribution in [1.82, 2.24) is 14.2 Å². The zero-order chi connectivity index (χ0) is 16.0. The Labute approximate surface area is 137 Å². The van der Waals surface area contributed by atoms with E-state index in [0.717, 1.165) is 24.9 Å². The van der Waals surface area contributed by atoms with Gasteiger partial charge in [0, 0.05) is 36.8 Å². The molecule has 0 N–H and O–H groups in total. The Hall–Kier alpha value is -1.50. The minimum atomic E-state index is -3.53. The Balaban J connectivity index is 1.77. The van der Waals surface area contributed by atoms with Crippen LogP contribution in [0.4, 0.5) is 0 Å². The molecule has 0 amide bonds. The first-order valence-corrected chi connectivity index (χ1v) is 9.61. The van der Waals surface area contributed by atoms with Gasteiger partial charge in [0.05, 0.1) is 5.52 Å². The van der Waals surface area contributed by atoms with E-state index in [2.05, 4.69) is 9.88 Å². The fraction of sp³-hybridized carbons (Fsp3) is 0.471. The molecule has 0 saturated carbocycles. The van der Waals surface area contributed by atoms with E-state index in [0.29, 0.717) is 23.0 Å². The molecule has 0 bridgehead atoms. The number of rotatable bonds is 2. The molecule has 2 atom stereocenters. The smallest absolute Gasteiger partial charge is 0.245 e. The number of pyridine rings is 1. The average Bonchev–Trinajstić information content (AvgIpc) is 3.00. The monoisotopic (exact) mass is 331 g/mol. The van der Waals surface area contributed by atoms with E-state index in [4.69, 9.17) is 0 Å². The van der Waals surface area contributed by atoms with Crippen molar-refractivity contribution in [2.24, 2.45) is 0 Å². The number of hydrogen-bond donors (Lipinski definition) is 0. The molecular weight excluding hydrogens is 310 g/mol. The normalized spacial score (nSPS) is 26.5. The van der Waals surface area contributed by atoms with Crippen LogP contribution >= 0.6 is 0 Å². The Kier molecular flexibility index (Phi) is 3.63. The standard InChI is InChI=1S/C17H21N3O2S/c1-13-11-19-10-4-7-15(19)12-20(13)23(21,22)16-8-2-5-14-6-3-9-18-17(14)16/h2-3,5-6,8-9,13,15H,4,7,10-12H2,1H3/t13-,15-/m1/s1. The Morgan fingerprint density at radius 2 is 2.00 bits per heavy atom. The lowest BCUT2D eigenvalue weighted by molar-refractivity contribution is 0.117. The van der Waals surface area contributed by atoms with E-state index < -0.39 is 10.0 Å². The van der Waals surface area contributed by atoms with Gasteiger partial charge < -0.3 is 0 Å². The van der Waals surface area contributed by atoms with Crippen molar-refractivity contribution in [3.8, 4) is 0 Å². The summed E-state index contributed by atoms with van der Waals surface area (Å²) in [6, 6.07) is 9.47. The van der Waals surface area contributed by atoms with Gasteiger partial charge >= 0.3 is 0 Å². The lowest BCUT2D eigenvalue weighted by atomic mass is 10.1. The van der Waals surface area contributed by atoms with Gasteiger partial charge in [0.1, 0.15) is 4.90 Å². The number of piperazine rings is 1. The molecular formula is C17H21N3O2S. The van der Waals surface area contributed by atoms with Crippen molar-refractivity contribution in [3.05, 3.63) is 36.5 Å². The number of para-hydroxylation sites is 1. The number of sulfonamides is 1. The predicted molar refractivity (Wildman–Crippen MR) is 89.7 cm³/mol. The molecule has 4 rings (SSSR count). The SMILES string of the molecule is C[C@@H]1CN2CCC[C@@H]2CN1S(=O)(=O)c1cccc2cccnc12. The van der Waals surface area contributed by atoms with Crippen LogP contribution in [-0.2, 0) is 10.0 Å². The van der Waals surface area contributed by atoms with E-state index in [1.807, 2.05) is 25.1 Å². The molecule has 2 fully saturated rings. The highest BCUT2D eigenvalue weighted by atomic mass is 32.2. The van der Waals surface area contributed by atoms with Crippen molar-refractivity contribution in [3.63, 3.8) is 0 Å². The fourth-order valence-electron chi connectivity index (χ4n) is 3.91. The van der Waals surface area contributed by atoms with Crippen LogP contribution < -0.4 is 0 Å². The van der Waals surface area contributed by atoms with Gasteiger partial charge in [-0.15, -0.1) is 0 Å². The number of hydrogen-bond acceptors (Lipinski definition) is 4. The van der Waals surface area contributed by atoms with Crippen LogP contribution in [0.5, 0.6) is 0 Å². The number of aromatic nitrogens is 1. The average molecular weight is 331 g/mol. The van der Waals surface area contributed by atoms with E-state index in [-0.39, 0.29) is 6.04 Å². The van der Waals surface area contributed by atoms with E-state index >= 15 is 0 Å². The van der Waals surface area contributed by atoms with Crippen LogP contribution in [0.15, 0.2) is 41.4 Å². The van der Waals surface area contributed by atoms with Crippen LogP contribution in [0.25, 0.3) is 10.9 Å². The third-order valence-electron chi connectivity index (χ3n) is 5.06. The molecule has 6 heteroatoms. The predicted octanol–water partition coefficient (Wildman–Crippen LogP) is 2.09. The summed E-state index contributed by atoms with van der Waals surface area (Å²) in [6.07, 6.45) is 3.91. The molecule has 0 radical (unpaired) electrons. The molecule has 23 heavy (non-hydrogen) atoms. The molecule has 2 aliphatic heterocycles. The third-order valence-corrected chi connectivity index (χ3v) is 7.07. The topological polar surface area (TPSA) is 53.5 Å². The first kappa shape index (κ1) is 15.1. The van der Waals surface area contributed by atoms with Gasteiger partial charge in [0.15, 0.2) is 0 Å². The highest BCUT2D eigenvalue weighted by Crippen LogP contribution is 2.31. The first-order valence-electron chi connectivity index (χ1n) is 8.17. The maximum atomic E-state index is 13.3. The number of benzene rings is 1. The van der Waals surface area contributed by atoms with Gasteiger partial charge in [-0.3, -0.25) is 9.88 Å². The minimum Gasteiger partial charge on any atom is -0.297 e. The zero-order valence-corrected chi connectivity index (χ0v) is 14.0. The summed E-state index contributed by atoms with van der Waals surface area (Å²) < 4.78 is 28.2. The first-order chi connectivity index (χ1) is 11.1. The molecule has 5 nitrogen and oxygen atoms in total. The van der Waals surface area contributed by atoms with Gasteiger partial charge in [-0.05, 0) is 38.4 Å². The second-order valence-electron chi connectivity index (χ2n) is 6.55. The molecule has 0 aliphatic carbocycles.